The summed E-state index contributed by atoms with van der Waals surface area (Å²) < 4.78 is 42.8. The maximum absolute atomic E-state index is 13.1. The lowest BCUT2D eigenvalue weighted by molar-refractivity contribution is -0.141. The fourth-order valence-electron chi connectivity index (χ4n) is 3.59. The number of hydrogen-bond donors (Lipinski definition) is 0. The van der Waals surface area contributed by atoms with Crippen molar-refractivity contribution in [1.29, 1.82) is 0 Å². The van der Waals surface area contributed by atoms with Gasteiger partial charge in [0.1, 0.15) is 5.69 Å². The van der Waals surface area contributed by atoms with E-state index in [1.54, 1.807) is 16.3 Å². The Labute approximate surface area is 180 Å². The molecule has 0 radical (unpaired) electrons. The summed E-state index contributed by atoms with van der Waals surface area (Å²) in [6.45, 7) is 6.04. The Bertz CT molecular complexity index is 1140. The lowest BCUT2D eigenvalue weighted by Gasteiger charge is -2.32. The van der Waals surface area contributed by atoms with E-state index in [4.69, 9.17) is 11.6 Å². The Morgan fingerprint density at radius 3 is 2.68 bits per heavy atom. The number of halogens is 4. The molecule has 8 nitrogen and oxygen atoms in total. The van der Waals surface area contributed by atoms with Gasteiger partial charge in [-0.1, -0.05) is 16.8 Å². The Morgan fingerprint density at radius 2 is 2.03 bits per heavy atom. The molecule has 0 saturated carbocycles. The molecule has 0 bridgehead atoms. The van der Waals surface area contributed by atoms with E-state index in [1.807, 2.05) is 26.1 Å². The van der Waals surface area contributed by atoms with E-state index in [-0.39, 0.29) is 18.2 Å². The molecular weight excluding hydrogens is 435 g/mol. The zero-order chi connectivity index (χ0) is 22.5. The van der Waals surface area contributed by atoms with E-state index < -0.39 is 28.8 Å². The van der Waals surface area contributed by atoms with Crippen LogP contribution in [-0.4, -0.2) is 47.1 Å². The summed E-state index contributed by atoms with van der Waals surface area (Å²) in [5.41, 5.74) is -0.151. The van der Waals surface area contributed by atoms with Crippen LogP contribution in [-0.2, 0) is 12.6 Å². The molecule has 1 amide bonds. The number of alkyl halides is 3. The third kappa shape index (κ3) is 3.67. The van der Waals surface area contributed by atoms with Crippen molar-refractivity contribution in [2.24, 2.45) is 0 Å². The van der Waals surface area contributed by atoms with E-state index in [2.05, 4.69) is 20.4 Å². The summed E-state index contributed by atoms with van der Waals surface area (Å²) in [4.78, 5) is 17.8. The van der Waals surface area contributed by atoms with Crippen molar-refractivity contribution in [2.45, 2.75) is 45.5 Å². The normalized spacial score (nSPS) is 16.6. The van der Waals surface area contributed by atoms with E-state index in [1.165, 1.54) is 11.0 Å². The highest BCUT2D eigenvalue weighted by Crippen LogP contribution is 2.36. The molecule has 0 N–H and O–H groups in total. The van der Waals surface area contributed by atoms with Crippen LogP contribution in [0.15, 0.2) is 24.5 Å². The van der Waals surface area contributed by atoms with Crippen molar-refractivity contribution in [3.8, 4) is 5.82 Å². The van der Waals surface area contributed by atoms with Crippen LogP contribution in [0, 0.1) is 0 Å². The number of carbonyl (C=O) groups is 1. The van der Waals surface area contributed by atoms with Gasteiger partial charge in [-0.15, -0.1) is 5.10 Å². The van der Waals surface area contributed by atoms with Crippen LogP contribution in [0.25, 0.3) is 5.82 Å². The molecule has 3 aromatic rings. The van der Waals surface area contributed by atoms with Gasteiger partial charge < -0.3 is 4.90 Å². The van der Waals surface area contributed by atoms with E-state index >= 15 is 0 Å². The number of amides is 1. The van der Waals surface area contributed by atoms with Crippen molar-refractivity contribution in [3.63, 3.8) is 0 Å². The predicted molar refractivity (Wildman–Crippen MR) is 105 cm³/mol. The van der Waals surface area contributed by atoms with E-state index in [0.29, 0.717) is 17.9 Å². The molecule has 0 unspecified atom stereocenters. The summed E-state index contributed by atoms with van der Waals surface area (Å²) in [6.07, 6.45) is -1.55. The Kier molecular flexibility index (Phi) is 5.24. The molecule has 0 aromatic carbocycles. The topological polar surface area (TPSA) is 81.7 Å². The monoisotopic (exact) mass is 453 g/mol. The first-order chi connectivity index (χ1) is 14.6. The van der Waals surface area contributed by atoms with Crippen LogP contribution in [0.2, 0.25) is 5.02 Å². The molecule has 1 atom stereocenters. The summed E-state index contributed by atoms with van der Waals surface area (Å²) in [5.74, 6) is -0.00360. The standard InChI is InChI=1S/C19H19ClF3N7O/c1-10(2)29-9-6-14(26-29)30-13-5-8-28(11(3)16(13)25-27-30)18(31)12-4-7-24-17(15(12)20)19(21,22)23/h4,6-7,9-11H,5,8H2,1-3H3/t11-/m0/s1. The number of nitrogens with zero attached hydrogens (tertiary/aromatic N) is 7. The zero-order valence-corrected chi connectivity index (χ0v) is 17.7. The molecule has 0 saturated heterocycles. The quantitative estimate of drug-likeness (QED) is 0.601. The summed E-state index contributed by atoms with van der Waals surface area (Å²) in [6, 6.07) is 2.70. The van der Waals surface area contributed by atoms with Crippen LogP contribution in [0.3, 0.4) is 0 Å². The molecule has 164 valence electrons. The van der Waals surface area contributed by atoms with Crippen LogP contribution in [0.4, 0.5) is 13.2 Å². The molecule has 0 spiro atoms. The van der Waals surface area contributed by atoms with Crippen LogP contribution < -0.4 is 0 Å². The Balaban J connectivity index is 1.64. The second-order valence-corrected chi connectivity index (χ2v) is 7.90. The molecule has 1 aliphatic rings. The van der Waals surface area contributed by atoms with Crippen LogP contribution in [0.5, 0.6) is 0 Å². The fourth-order valence-corrected chi connectivity index (χ4v) is 3.89. The predicted octanol–water partition coefficient (Wildman–Crippen LogP) is 3.87. The van der Waals surface area contributed by atoms with Crippen molar-refractivity contribution >= 4 is 17.5 Å². The smallest absolute Gasteiger partial charge is 0.330 e. The highest BCUT2D eigenvalue weighted by atomic mass is 35.5. The molecule has 3 aromatic heterocycles. The molecule has 4 rings (SSSR count). The maximum atomic E-state index is 13.1. The largest absolute Gasteiger partial charge is 0.434 e. The van der Waals surface area contributed by atoms with Crippen LogP contribution >= 0.6 is 11.6 Å². The highest BCUT2D eigenvalue weighted by Gasteiger charge is 2.39. The van der Waals surface area contributed by atoms with Crippen molar-refractivity contribution in [2.75, 3.05) is 6.54 Å². The minimum absolute atomic E-state index is 0.187. The van der Waals surface area contributed by atoms with Gasteiger partial charge in [-0.05, 0) is 26.8 Å². The SMILES string of the molecule is CC(C)n1ccc(-n2nnc3c2CCN(C(=O)c2ccnc(C(F)(F)F)c2Cl)[C@H]3C)n1. The first kappa shape index (κ1) is 21.3. The minimum atomic E-state index is -4.75. The lowest BCUT2D eigenvalue weighted by Crippen LogP contribution is -2.39. The number of fused-ring (bicyclic) bond motifs is 1. The first-order valence-electron chi connectivity index (χ1n) is 9.62. The molecule has 1 aliphatic heterocycles. The second kappa shape index (κ2) is 7.63. The number of rotatable bonds is 3. The van der Waals surface area contributed by atoms with Gasteiger partial charge >= 0.3 is 6.18 Å². The van der Waals surface area contributed by atoms with E-state index in [9.17, 15) is 18.0 Å². The maximum Gasteiger partial charge on any atom is 0.434 e. The molecule has 0 aliphatic carbocycles. The van der Waals surface area contributed by atoms with Crippen molar-refractivity contribution < 1.29 is 18.0 Å². The van der Waals surface area contributed by atoms with Crippen molar-refractivity contribution in [3.05, 3.63) is 52.2 Å². The molecule has 31 heavy (non-hydrogen) atoms. The number of hydrogen-bond acceptors (Lipinski definition) is 5. The molecular formula is C19H19ClF3N7O. The number of pyridine rings is 1. The second-order valence-electron chi connectivity index (χ2n) is 7.52. The molecule has 12 heteroatoms. The summed E-state index contributed by atoms with van der Waals surface area (Å²) in [7, 11) is 0. The van der Waals surface area contributed by atoms with Gasteiger partial charge in [0.05, 0.1) is 22.3 Å². The van der Waals surface area contributed by atoms with Gasteiger partial charge in [0.15, 0.2) is 11.5 Å². The minimum Gasteiger partial charge on any atom is -0.330 e. The fraction of sp³-hybridized carbons (Fsp3) is 0.421. The Hall–Kier alpha value is -2.95. The molecule has 4 heterocycles. The third-order valence-electron chi connectivity index (χ3n) is 5.24. The van der Waals surface area contributed by atoms with Gasteiger partial charge in [-0.2, -0.15) is 23.0 Å². The average Bonchev–Trinajstić information content (AvgIpc) is 3.34. The van der Waals surface area contributed by atoms with Crippen molar-refractivity contribution in [1.82, 2.24) is 34.7 Å². The average molecular weight is 454 g/mol. The summed E-state index contributed by atoms with van der Waals surface area (Å²) in [5, 5.41) is 12.2. The van der Waals surface area contributed by atoms with E-state index in [0.717, 1.165) is 11.9 Å². The molecule has 0 fully saturated rings. The number of aromatic nitrogens is 6. The number of carbonyl (C=O) groups excluding carboxylic acids is 1. The Morgan fingerprint density at radius 1 is 1.29 bits per heavy atom. The van der Waals surface area contributed by atoms with Gasteiger partial charge in [0, 0.05) is 37.5 Å². The zero-order valence-electron chi connectivity index (χ0n) is 16.9. The van der Waals surface area contributed by atoms with Gasteiger partial charge in [-0.3, -0.25) is 14.5 Å². The highest BCUT2D eigenvalue weighted by molar-refractivity contribution is 6.34. The lowest BCUT2D eigenvalue weighted by atomic mass is 10.0. The first-order valence-corrected chi connectivity index (χ1v) is 10.00. The van der Waals surface area contributed by atoms with Gasteiger partial charge in [0.25, 0.3) is 5.91 Å². The van der Waals surface area contributed by atoms with Crippen LogP contribution in [0.1, 0.15) is 60.3 Å². The summed E-state index contributed by atoms with van der Waals surface area (Å²) >= 11 is 5.89. The van der Waals surface area contributed by atoms with Gasteiger partial charge in [-0.25, -0.2) is 0 Å². The van der Waals surface area contributed by atoms with Gasteiger partial charge in [0.2, 0.25) is 0 Å². The third-order valence-corrected chi connectivity index (χ3v) is 5.62.